The predicted octanol–water partition coefficient (Wildman–Crippen LogP) is 3.29. The zero-order valence-electron chi connectivity index (χ0n) is 10.1. The molecule has 0 amide bonds. The molecule has 19 heavy (non-hydrogen) atoms. The second-order valence-corrected chi connectivity index (χ2v) is 4.65. The van der Waals surface area contributed by atoms with Crippen LogP contribution in [0.1, 0.15) is 0 Å². The number of benzene rings is 2. The summed E-state index contributed by atoms with van der Waals surface area (Å²) in [5.74, 6) is 0. The molecule has 0 radical (unpaired) electrons. The quantitative estimate of drug-likeness (QED) is 0.452. The van der Waals surface area contributed by atoms with Crippen LogP contribution < -0.4 is 5.73 Å². The second-order valence-electron chi connectivity index (χ2n) is 4.65. The highest BCUT2D eigenvalue weighted by atomic mass is 15.1. The highest BCUT2D eigenvalue weighted by Gasteiger charge is 2.10. The highest BCUT2D eigenvalue weighted by Crippen LogP contribution is 2.29. The van der Waals surface area contributed by atoms with E-state index in [1.165, 1.54) is 5.39 Å². The molecule has 4 nitrogen and oxygen atoms in total. The maximum Gasteiger partial charge on any atom is 0.116 e. The number of nitrogens with one attached hydrogen (secondary N) is 2. The van der Waals surface area contributed by atoms with E-state index in [0.29, 0.717) is 0 Å². The molecule has 0 unspecified atom stereocenters. The Morgan fingerprint density at radius 1 is 0.947 bits per heavy atom. The Balaban J connectivity index is 2.00. The second kappa shape index (κ2) is 3.62. The van der Waals surface area contributed by atoms with Crippen LogP contribution in [0.3, 0.4) is 0 Å². The summed E-state index contributed by atoms with van der Waals surface area (Å²) in [5.41, 5.74) is 10.6. The smallest absolute Gasteiger partial charge is 0.116 e. The van der Waals surface area contributed by atoms with Gasteiger partial charge in [0.2, 0.25) is 0 Å². The fourth-order valence-electron chi connectivity index (χ4n) is 2.44. The molecule has 2 aromatic carbocycles. The first-order valence-corrected chi connectivity index (χ1v) is 6.13. The molecule has 4 N–H and O–H groups in total. The fraction of sp³-hybridized carbons (Fsp3) is 0. The van der Waals surface area contributed by atoms with E-state index in [1.54, 1.807) is 0 Å². The van der Waals surface area contributed by atoms with Crippen molar-refractivity contribution < 1.29 is 0 Å². The molecule has 4 aromatic rings. The molecule has 0 aliphatic heterocycles. The van der Waals surface area contributed by atoms with Crippen LogP contribution in [-0.4, -0.2) is 15.2 Å². The summed E-state index contributed by atoms with van der Waals surface area (Å²) >= 11 is 0. The lowest BCUT2D eigenvalue weighted by Gasteiger charge is -1.95. The molecule has 2 heterocycles. The Bertz CT molecular complexity index is 852. The van der Waals surface area contributed by atoms with E-state index in [1.807, 2.05) is 30.3 Å². The minimum atomic E-state index is 0.742. The van der Waals surface area contributed by atoms with Crippen LogP contribution in [0.25, 0.3) is 33.2 Å². The van der Waals surface area contributed by atoms with Crippen molar-refractivity contribution in [2.45, 2.75) is 0 Å². The van der Waals surface area contributed by atoms with Crippen molar-refractivity contribution in [2.24, 2.45) is 0 Å². The van der Waals surface area contributed by atoms with Crippen LogP contribution in [0.4, 0.5) is 5.69 Å². The van der Waals surface area contributed by atoms with Crippen molar-refractivity contribution in [3.8, 4) is 11.4 Å². The third-order valence-corrected chi connectivity index (χ3v) is 3.37. The SMILES string of the molecule is Nc1ccc2[nH]nc(-c3cc4ccccc4[nH]3)c2c1. The first-order chi connectivity index (χ1) is 9.31. The molecule has 0 saturated carbocycles. The molecule has 0 bridgehead atoms. The Morgan fingerprint density at radius 3 is 2.74 bits per heavy atom. The molecule has 0 atom stereocenters. The number of nitrogens with zero attached hydrogens (tertiary/aromatic N) is 1. The number of hydrogen-bond acceptors (Lipinski definition) is 2. The van der Waals surface area contributed by atoms with Gasteiger partial charge in [0.05, 0.1) is 11.2 Å². The third-order valence-electron chi connectivity index (χ3n) is 3.37. The Labute approximate surface area is 109 Å². The average Bonchev–Trinajstić information content (AvgIpc) is 3.00. The third kappa shape index (κ3) is 1.50. The van der Waals surface area contributed by atoms with Crippen LogP contribution in [0.5, 0.6) is 0 Å². The zero-order chi connectivity index (χ0) is 12.8. The summed E-state index contributed by atoms with van der Waals surface area (Å²) in [4.78, 5) is 3.39. The van der Waals surface area contributed by atoms with Gasteiger partial charge in [-0.15, -0.1) is 0 Å². The van der Waals surface area contributed by atoms with Gasteiger partial charge in [-0.3, -0.25) is 5.10 Å². The number of aromatic amines is 2. The van der Waals surface area contributed by atoms with Gasteiger partial charge in [-0.05, 0) is 30.3 Å². The van der Waals surface area contributed by atoms with Gasteiger partial charge in [0.1, 0.15) is 5.69 Å². The summed E-state index contributed by atoms with van der Waals surface area (Å²) in [6.45, 7) is 0. The van der Waals surface area contributed by atoms with Crippen molar-refractivity contribution >= 4 is 27.5 Å². The molecular weight excluding hydrogens is 236 g/mol. The molecule has 0 saturated heterocycles. The molecule has 4 rings (SSSR count). The fourth-order valence-corrected chi connectivity index (χ4v) is 2.44. The van der Waals surface area contributed by atoms with Gasteiger partial charge < -0.3 is 10.7 Å². The van der Waals surface area contributed by atoms with Gasteiger partial charge in [0.25, 0.3) is 0 Å². The van der Waals surface area contributed by atoms with E-state index in [9.17, 15) is 0 Å². The first-order valence-electron chi connectivity index (χ1n) is 6.13. The van der Waals surface area contributed by atoms with E-state index < -0.39 is 0 Å². The highest BCUT2D eigenvalue weighted by molar-refractivity contribution is 5.96. The van der Waals surface area contributed by atoms with Crippen LogP contribution in [0.2, 0.25) is 0 Å². The maximum atomic E-state index is 5.85. The molecule has 0 fully saturated rings. The van der Waals surface area contributed by atoms with E-state index in [0.717, 1.165) is 33.5 Å². The van der Waals surface area contributed by atoms with Gasteiger partial charge in [0.15, 0.2) is 0 Å². The summed E-state index contributed by atoms with van der Waals surface area (Å²) in [6.07, 6.45) is 0. The van der Waals surface area contributed by atoms with Crippen LogP contribution in [-0.2, 0) is 0 Å². The Hall–Kier alpha value is -2.75. The lowest BCUT2D eigenvalue weighted by atomic mass is 10.1. The molecule has 92 valence electrons. The summed E-state index contributed by atoms with van der Waals surface area (Å²) in [7, 11) is 0. The lowest BCUT2D eigenvalue weighted by Crippen LogP contribution is -1.83. The van der Waals surface area contributed by atoms with E-state index >= 15 is 0 Å². The van der Waals surface area contributed by atoms with Gasteiger partial charge in [-0.1, -0.05) is 18.2 Å². The number of para-hydroxylation sites is 1. The number of nitrogen functional groups attached to an aromatic ring is 1. The normalized spacial score (nSPS) is 11.4. The Morgan fingerprint density at radius 2 is 1.84 bits per heavy atom. The minimum Gasteiger partial charge on any atom is -0.399 e. The van der Waals surface area contributed by atoms with Crippen LogP contribution >= 0.6 is 0 Å². The van der Waals surface area contributed by atoms with Gasteiger partial charge in [-0.2, -0.15) is 5.10 Å². The maximum absolute atomic E-state index is 5.85. The predicted molar refractivity (Wildman–Crippen MR) is 77.8 cm³/mol. The molecule has 0 aliphatic rings. The number of H-pyrrole nitrogens is 2. The zero-order valence-corrected chi connectivity index (χ0v) is 10.1. The summed E-state index contributed by atoms with van der Waals surface area (Å²) < 4.78 is 0. The average molecular weight is 248 g/mol. The number of hydrogen-bond donors (Lipinski definition) is 3. The number of fused-ring (bicyclic) bond motifs is 2. The number of aromatic nitrogens is 3. The molecule has 0 spiro atoms. The van der Waals surface area contributed by atoms with Gasteiger partial charge >= 0.3 is 0 Å². The number of nitrogens with two attached hydrogens (primary N) is 1. The van der Waals surface area contributed by atoms with Crippen LogP contribution in [0.15, 0.2) is 48.5 Å². The number of anilines is 1. The van der Waals surface area contributed by atoms with E-state index in [4.69, 9.17) is 5.73 Å². The van der Waals surface area contributed by atoms with Crippen molar-refractivity contribution in [2.75, 3.05) is 5.73 Å². The van der Waals surface area contributed by atoms with Crippen molar-refractivity contribution in [1.82, 2.24) is 15.2 Å². The first kappa shape index (κ1) is 10.2. The summed E-state index contributed by atoms with van der Waals surface area (Å²) in [5, 5.41) is 9.63. The van der Waals surface area contributed by atoms with Crippen molar-refractivity contribution in [1.29, 1.82) is 0 Å². The van der Waals surface area contributed by atoms with Gasteiger partial charge in [-0.25, -0.2) is 0 Å². The van der Waals surface area contributed by atoms with E-state index in [2.05, 4.69) is 33.4 Å². The standard InChI is InChI=1S/C15H12N4/c16-10-5-6-13-11(8-10)15(19-18-13)14-7-9-3-1-2-4-12(9)17-14/h1-8,17H,16H2,(H,18,19). The lowest BCUT2D eigenvalue weighted by molar-refractivity contribution is 1.12. The number of rotatable bonds is 1. The Kier molecular flexibility index (Phi) is 1.94. The summed E-state index contributed by atoms with van der Waals surface area (Å²) in [6, 6.07) is 16.1. The van der Waals surface area contributed by atoms with E-state index in [-0.39, 0.29) is 0 Å². The van der Waals surface area contributed by atoms with Crippen molar-refractivity contribution in [3.63, 3.8) is 0 Å². The monoisotopic (exact) mass is 248 g/mol. The largest absolute Gasteiger partial charge is 0.399 e. The van der Waals surface area contributed by atoms with Gasteiger partial charge in [0, 0.05) is 22.0 Å². The minimum absolute atomic E-state index is 0.742. The molecular formula is C15H12N4. The van der Waals surface area contributed by atoms with Crippen LogP contribution in [0, 0.1) is 0 Å². The molecule has 0 aliphatic carbocycles. The topological polar surface area (TPSA) is 70.5 Å². The molecule has 4 heteroatoms. The van der Waals surface area contributed by atoms with Crippen molar-refractivity contribution in [3.05, 3.63) is 48.5 Å². The molecule has 2 aromatic heterocycles.